The van der Waals surface area contributed by atoms with E-state index in [0.717, 1.165) is 65.4 Å². The Hall–Kier alpha value is -4.28. The second-order valence-corrected chi connectivity index (χ2v) is 11.6. The molecule has 0 bridgehead atoms. The number of hydrogen-bond acceptors (Lipinski definition) is 5. The zero-order valence-corrected chi connectivity index (χ0v) is 25.9. The zero-order valence-electron chi connectivity index (χ0n) is 25.9. The largest absolute Gasteiger partial charge is 0.395 e. The monoisotopic (exact) mass is 600 g/mol. The van der Waals surface area contributed by atoms with Crippen LogP contribution in [0.25, 0.3) is 27.6 Å². The molecule has 0 fully saturated rings. The summed E-state index contributed by atoms with van der Waals surface area (Å²) in [6.45, 7) is 8.22. The van der Waals surface area contributed by atoms with E-state index in [-0.39, 0.29) is 30.8 Å². The molecule has 0 radical (unpaired) electrons. The Balaban J connectivity index is 1.28. The Kier molecular flexibility index (Phi) is 9.61. The molecule has 2 N–H and O–H groups in total. The van der Waals surface area contributed by atoms with Gasteiger partial charge in [-0.1, -0.05) is 6.07 Å². The van der Waals surface area contributed by atoms with E-state index in [1.54, 1.807) is 27.9 Å². The fraction of sp³-hybridized carbons (Fsp3) is 0.382. The number of hydrogen-bond donors (Lipinski definition) is 2. The SMILES string of the molecule is CCN(C(=O)c1cc(F)ccc1-n1cc(CCCCN(C)Cc2ccc3c(c2)[nH]c(=O)n3CCO)c2ccncc21)C(C)C. The summed E-state index contributed by atoms with van der Waals surface area (Å²) >= 11 is 0. The third-order valence-electron chi connectivity index (χ3n) is 8.21. The standard InChI is InChI=1S/C34H41FN6O3/c1-5-39(23(2)3)33(43)28-19-26(35)10-12-30(28)41-22-25(27-13-14-36-20-32(27)41)8-6-7-15-38(4)21-24-9-11-31-29(18-24)37-34(44)40(31)16-17-42/h9-14,18-20,22-23,42H,5-8,15-17,21H2,1-4H3,(H,37,44). The van der Waals surface area contributed by atoms with Gasteiger partial charge in [-0.25, -0.2) is 9.18 Å². The first-order chi connectivity index (χ1) is 21.2. The zero-order chi connectivity index (χ0) is 31.4. The van der Waals surface area contributed by atoms with Crippen LogP contribution in [0.1, 0.15) is 55.1 Å². The van der Waals surface area contributed by atoms with Crippen molar-refractivity contribution in [3.05, 3.63) is 94.0 Å². The van der Waals surface area contributed by atoms with Gasteiger partial charge in [0, 0.05) is 36.9 Å². The molecule has 3 heterocycles. The Bertz CT molecular complexity index is 1820. The molecule has 10 heteroatoms. The Morgan fingerprint density at radius 3 is 2.68 bits per heavy atom. The lowest BCUT2D eigenvalue weighted by Crippen LogP contribution is -2.37. The van der Waals surface area contributed by atoms with Gasteiger partial charge < -0.3 is 24.5 Å². The number of benzene rings is 2. The van der Waals surface area contributed by atoms with E-state index in [1.165, 1.54) is 12.1 Å². The number of H-pyrrole nitrogens is 1. The molecule has 9 nitrogen and oxygen atoms in total. The van der Waals surface area contributed by atoms with Gasteiger partial charge in [-0.15, -0.1) is 0 Å². The average molecular weight is 601 g/mol. The van der Waals surface area contributed by atoms with Gasteiger partial charge in [0.2, 0.25) is 0 Å². The highest BCUT2D eigenvalue weighted by Gasteiger charge is 2.23. The number of pyridine rings is 1. The van der Waals surface area contributed by atoms with Gasteiger partial charge in [-0.2, -0.15) is 0 Å². The van der Waals surface area contributed by atoms with Crippen LogP contribution in [0.15, 0.2) is 65.8 Å². The number of aromatic amines is 1. The van der Waals surface area contributed by atoms with Crippen LogP contribution in [0, 0.1) is 5.82 Å². The van der Waals surface area contributed by atoms with Crippen molar-refractivity contribution in [1.29, 1.82) is 0 Å². The van der Waals surface area contributed by atoms with E-state index in [4.69, 9.17) is 0 Å². The molecule has 1 amide bonds. The maximum atomic E-state index is 14.4. The molecule has 2 aromatic carbocycles. The lowest BCUT2D eigenvalue weighted by molar-refractivity contribution is 0.0716. The predicted octanol–water partition coefficient (Wildman–Crippen LogP) is 5.13. The van der Waals surface area contributed by atoms with Crippen LogP contribution in [0.5, 0.6) is 0 Å². The van der Waals surface area contributed by atoms with Gasteiger partial charge in [0.15, 0.2) is 0 Å². The smallest absolute Gasteiger partial charge is 0.326 e. The van der Waals surface area contributed by atoms with E-state index >= 15 is 0 Å². The summed E-state index contributed by atoms with van der Waals surface area (Å²) in [5.41, 5.74) is 5.49. The number of nitrogens with one attached hydrogen (secondary N) is 1. The van der Waals surface area contributed by atoms with Crippen LogP contribution in [0.4, 0.5) is 4.39 Å². The first-order valence-electron chi connectivity index (χ1n) is 15.3. The van der Waals surface area contributed by atoms with Crippen molar-refractivity contribution in [1.82, 2.24) is 28.9 Å². The van der Waals surface area contributed by atoms with Crippen molar-refractivity contribution < 1.29 is 14.3 Å². The fourth-order valence-corrected chi connectivity index (χ4v) is 6.05. The molecule has 0 spiro atoms. The van der Waals surface area contributed by atoms with Crippen molar-refractivity contribution in [3.63, 3.8) is 0 Å². The Labute approximate surface area is 256 Å². The summed E-state index contributed by atoms with van der Waals surface area (Å²) in [6, 6.07) is 12.4. The summed E-state index contributed by atoms with van der Waals surface area (Å²) in [7, 11) is 2.09. The molecular weight excluding hydrogens is 559 g/mol. The number of unbranched alkanes of at least 4 members (excludes halogenated alkanes) is 1. The number of fused-ring (bicyclic) bond motifs is 2. The summed E-state index contributed by atoms with van der Waals surface area (Å²) in [5, 5.41) is 10.3. The van der Waals surface area contributed by atoms with E-state index in [2.05, 4.69) is 28.1 Å². The van der Waals surface area contributed by atoms with Crippen LogP contribution < -0.4 is 5.69 Å². The first-order valence-corrected chi connectivity index (χ1v) is 15.3. The number of nitrogens with zero attached hydrogens (tertiary/aromatic N) is 5. The second-order valence-electron chi connectivity index (χ2n) is 11.6. The van der Waals surface area contributed by atoms with Gasteiger partial charge in [-0.3, -0.25) is 14.3 Å². The van der Waals surface area contributed by atoms with Gasteiger partial charge in [0.05, 0.1) is 47.1 Å². The number of aliphatic hydroxyl groups excluding tert-OH is 1. The average Bonchev–Trinajstić information content (AvgIpc) is 3.52. The molecule has 232 valence electrons. The molecule has 0 unspecified atom stereocenters. The van der Waals surface area contributed by atoms with Crippen molar-refractivity contribution in [2.45, 2.75) is 59.2 Å². The number of carbonyl (C=O) groups excluding carboxylic acids is 1. The number of amides is 1. The topological polar surface area (TPSA) is 99.4 Å². The normalized spacial score (nSPS) is 11.8. The molecule has 0 atom stereocenters. The lowest BCUT2D eigenvalue weighted by Gasteiger charge is -2.26. The first kappa shape index (κ1) is 31.2. The van der Waals surface area contributed by atoms with Gasteiger partial charge in [-0.05, 0) is 101 Å². The molecule has 0 aliphatic heterocycles. The quantitative estimate of drug-likeness (QED) is 0.183. The number of imidazole rings is 1. The molecule has 44 heavy (non-hydrogen) atoms. The molecule has 0 saturated carbocycles. The minimum absolute atomic E-state index is 0.00817. The second kappa shape index (κ2) is 13.6. The highest BCUT2D eigenvalue weighted by molar-refractivity contribution is 5.99. The summed E-state index contributed by atoms with van der Waals surface area (Å²) in [5.74, 6) is -0.635. The van der Waals surface area contributed by atoms with Gasteiger partial charge in [0.25, 0.3) is 5.91 Å². The number of rotatable bonds is 13. The molecule has 0 saturated heterocycles. The highest BCUT2D eigenvalue weighted by atomic mass is 19.1. The lowest BCUT2D eigenvalue weighted by atomic mass is 10.1. The Morgan fingerprint density at radius 1 is 1.11 bits per heavy atom. The van der Waals surface area contributed by atoms with Gasteiger partial charge >= 0.3 is 5.69 Å². The minimum Gasteiger partial charge on any atom is -0.395 e. The molecular formula is C34H41FN6O3. The fourth-order valence-electron chi connectivity index (χ4n) is 6.05. The number of aliphatic hydroxyl groups is 1. The van der Waals surface area contributed by atoms with Crippen LogP contribution in [-0.4, -0.2) is 72.7 Å². The molecule has 0 aliphatic rings. The summed E-state index contributed by atoms with van der Waals surface area (Å²) in [4.78, 5) is 36.9. The molecule has 5 aromatic rings. The Morgan fingerprint density at radius 2 is 1.93 bits per heavy atom. The summed E-state index contributed by atoms with van der Waals surface area (Å²) < 4.78 is 17.9. The predicted molar refractivity (Wildman–Crippen MR) is 172 cm³/mol. The molecule has 5 rings (SSSR count). The van der Waals surface area contributed by atoms with E-state index in [0.29, 0.717) is 17.8 Å². The number of carbonyl (C=O) groups is 1. The number of aryl methyl sites for hydroxylation is 1. The van der Waals surface area contributed by atoms with Crippen LogP contribution in [-0.2, 0) is 19.5 Å². The number of aromatic nitrogens is 4. The molecule has 3 aromatic heterocycles. The van der Waals surface area contributed by atoms with Crippen LogP contribution in [0.2, 0.25) is 0 Å². The van der Waals surface area contributed by atoms with Crippen molar-refractivity contribution in [3.8, 4) is 5.69 Å². The third kappa shape index (κ3) is 6.46. The highest BCUT2D eigenvalue weighted by Crippen LogP contribution is 2.29. The van der Waals surface area contributed by atoms with E-state index < -0.39 is 5.82 Å². The van der Waals surface area contributed by atoms with Crippen molar-refractivity contribution >= 4 is 27.8 Å². The summed E-state index contributed by atoms with van der Waals surface area (Å²) in [6.07, 6.45) is 8.44. The molecule has 0 aliphatic carbocycles. The maximum Gasteiger partial charge on any atom is 0.326 e. The van der Waals surface area contributed by atoms with E-state index in [1.807, 2.05) is 49.6 Å². The maximum absolute atomic E-state index is 14.4. The van der Waals surface area contributed by atoms with E-state index in [9.17, 15) is 19.1 Å². The minimum atomic E-state index is -0.441. The van der Waals surface area contributed by atoms with Crippen molar-refractivity contribution in [2.75, 3.05) is 26.7 Å². The third-order valence-corrected chi connectivity index (χ3v) is 8.21. The van der Waals surface area contributed by atoms with Crippen molar-refractivity contribution in [2.24, 2.45) is 0 Å². The van der Waals surface area contributed by atoms with Crippen LogP contribution >= 0.6 is 0 Å². The van der Waals surface area contributed by atoms with Crippen LogP contribution in [0.3, 0.4) is 0 Å². The van der Waals surface area contributed by atoms with Gasteiger partial charge in [0.1, 0.15) is 5.82 Å². The number of halogens is 1.